The first kappa shape index (κ1) is 17.5. The molecule has 0 unspecified atom stereocenters. The van der Waals surface area contributed by atoms with E-state index in [-0.39, 0.29) is 5.75 Å². The lowest BCUT2D eigenvalue weighted by molar-refractivity contribution is 0.194. The molecule has 1 heterocycles. The van der Waals surface area contributed by atoms with Gasteiger partial charge in [-0.15, -0.1) is 0 Å². The molecular formula is C16H22ClNO3S. The van der Waals surface area contributed by atoms with E-state index >= 15 is 0 Å². The zero-order valence-corrected chi connectivity index (χ0v) is 14.4. The third-order valence-electron chi connectivity index (χ3n) is 3.79. The van der Waals surface area contributed by atoms with Crippen LogP contribution in [0.25, 0.3) is 5.57 Å². The van der Waals surface area contributed by atoms with Crippen molar-refractivity contribution < 1.29 is 13.2 Å². The third-order valence-corrected chi connectivity index (χ3v) is 6.04. The van der Waals surface area contributed by atoms with Crippen molar-refractivity contribution in [3.63, 3.8) is 0 Å². The summed E-state index contributed by atoms with van der Waals surface area (Å²) >= 11 is 6.20. The highest BCUT2D eigenvalue weighted by atomic mass is 35.5. The van der Waals surface area contributed by atoms with E-state index in [4.69, 9.17) is 16.3 Å². The van der Waals surface area contributed by atoms with Crippen LogP contribution in [0, 0.1) is 0 Å². The predicted molar refractivity (Wildman–Crippen MR) is 90.5 cm³/mol. The largest absolute Gasteiger partial charge is 0.385 e. The van der Waals surface area contributed by atoms with Crippen molar-refractivity contribution in [2.45, 2.75) is 19.3 Å². The number of unbranched alkanes of at least 4 members (excludes halogenated alkanes) is 1. The van der Waals surface area contributed by atoms with Crippen molar-refractivity contribution in [2.24, 2.45) is 0 Å². The molecule has 1 aliphatic rings. The fourth-order valence-electron chi connectivity index (χ4n) is 2.53. The van der Waals surface area contributed by atoms with Crippen LogP contribution in [0.15, 0.2) is 30.3 Å². The lowest BCUT2D eigenvalue weighted by atomic mass is 10.0. The van der Waals surface area contributed by atoms with Crippen molar-refractivity contribution in [3.8, 4) is 0 Å². The van der Waals surface area contributed by atoms with E-state index in [0.29, 0.717) is 37.6 Å². The number of benzene rings is 1. The van der Waals surface area contributed by atoms with Crippen LogP contribution in [0.3, 0.4) is 0 Å². The summed E-state index contributed by atoms with van der Waals surface area (Å²) in [5, 5.41) is 0.713. The smallest absolute Gasteiger partial charge is 0.214 e. The molecule has 0 spiro atoms. The maximum absolute atomic E-state index is 12.3. The van der Waals surface area contributed by atoms with Crippen LogP contribution in [0.4, 0.5) is 0 Å². The highest BCUT2D eigenvalue weighted by Gasteiger charge is 2.24. The first-order chi connectivity index (χ1) is 10.5. The van der Waals surface area contributed by atoms with Gasteiger partial charge in [0.1, 0.15) is 0 Å². The van der Waals surface area contributed by atoms with Gasteiger partial charge in [-0.1, -0.05) is 35.9 Å². The molecule has 0 saturated carbocycles. The third kappa shape index (κ3) is 4.56. The molecule has 0 bridgehead atoms. The molecular weight excluding hydrogens is 322 g/mol. The molecule has 6 heteroatoms. The van der Waals surface area contributed by atoms with Gasteiger partial charge in [0.25, 0.3) is 0 Å². The summed E-state index contributed by atoms with van der Waals surface area (Å²) in [7, 11) is -1.55. The molecule has 2 rings (SSSR count). The van der Waals surface area contributed by atoms with Crippen LogP contribution in [0.2, 0.25) is 5.02 Å². The van der Waals surface area contributed by atoms with Gasteiger partial charge in [0.05, 0.1) is 5.75 Å². The molecule has 122 valence electrons. The Labute approximate surface area is 137 Å². The van der Waals surface area contributed by atoms with Crippen molar-refractivity contribution in [3.05, 3.63) is 40.9 Å². The Morgan fingerprint density at radius 1 is 1.27 bits per heavy atom. The van der Waals surface area contributed by atoms with Gasteiger partial charge in [-0.25, -0.2) is 8.42 Å². The van der Waals surface area contributed by atoms with Crippen LogP contribution >= 0.6 is 11.6 Å². The summed E-state index contributed by atoms with van der Waals surface area (Å²) in [6.45, 7) is 1.54. The first-order valence-corrected chi connectivity index (χ1v) is 9.44. The number of hydrogen-bond donors (Lipinski definition) is 0. The second-order valence-corrected chi connectivity index (χ2v) is 7.83. The highest BCUT2D eigenvalue weighted by molar-refractivity contribution is 7.89. The number of ether oxygens (including phenoxy) is 1. The Hall–Kier alpha value is -0.880. The molecule has 4 nitrogen and oxygen atoms in total. The van der Waals surface area contributed by atoms with Crippen LogP contribution in [0.5, 0.6) is 0 Å². The molecule has 22 heavy (non-hydrogen) atoms. The zero-order chi connectivity index (χ0) is 16.0. The molecule has 0 aromatic heterocycles. The van der Waals surface area contributed by atoms with E-state index in [1.165, 1.54) is 0 Å². The van der Waals surface area contributed by atoms with Crippen molar-refractivity contribution >= 4 is 27.2 Å². The van der Waals surface area contributed by atoms with E-state index in [2.05, 4.69) is 0 Å². The number of hydrogen-bond acceptors (Lipinski definition) is 3. The Morgan fingerprint density at radius 3 is 2.68 bits per heavy atom. The fraction of sp³-hybridized carbons (Fsp3) is 0.500. The Kier molecular flexibility index (Phi) is 6.44. The number of halogens is 1. The lowest BCUT2D eigenvalue weighted by Crippen LogP contribution is -2.36. The van der Waals surface area contributed by atoms with E-state index in [0.717, 1.165) is 17.6 Å². The fourth-order valence-corrected chi connectivity index (χ4v) is 4.28. The van der Waals surface area contributed by atoms with Gasteiger partial charge in [0, 0.05) is 31.8 Å². The molecule has 0 radical (unpaired) electrons. The van der Waals surface area contributed by atoms with Crippen LogP contribution in [-0.2, 0) is 14.8 Å². The second-order valence-electron chi connectivity index (χ2n) is 5.33. The monoisotopic (exact) mass is 343 g/mol. The van der Waals surface area contributed by atoms with Gasteiger partial charge < -0.3 is 4.74 Å². The molecule has 0 saturated heterocycles. The quantitative estimate of drug-likeness (QED) is 0.714. The predicted octanol–water partition coefficient (Wildman–Crippen LogP) is 3.19. The first-order valence-electron chi connectivity index (χ1n) is 7.45. The minimum absolute atomic E-state index is 0.186. The van der Waals surface area contributed by atoms with Gasteiger partial charge in [-0.05, 0) is 36.5 Å². The lowest BCUT2D eigenvalue weighted by Gasteiger charge is -2.26. The Morgan fingerprint density at radius 2 is 2.05 bits per heavy atom. The molecule has 1 aromatic carbocycles. The number of sulfonamides is 1. The molecule has 0 N–H and O–H groups in total. The summed E-state index contributed by atoms with van der Waals surface area (Å²) < 4.78 is 31.1. The van der Waals surface area contributed by atoms with Crippen LogP contribution in [-0.4, -0.2) is 45.3 Å². The average molecular weight is 344 g/mol. The maximum Gasteiger partial charge on any atom is 0.214 e. The van der Waals surface area contributed by atoms with Gasteiger partial charge in [0.15, 0.2) is 0 Å². The van der Waals surface area contributed by atoms with E-state index < -0.39 is 10.0 Å². The van der Waals surface area contributed by atoms with Crippen molar-refractivity contribution in [2.75, 3.05) is 32.6 Å². The zero-order valence-electron chi connectivity index (χ0n) is 12.8. The van der Waals surface area contributed by atoms with Crippen LogP contribution in [0.1, 0.15) is 24.8 Å². The number of methoxy groups -OCH3 is 1. The Bertz CT molecular complexity index is 628. The molecule has 0 amide bonds. The summed E-state index contributed by atoms with van der Waals surface area (Å²) in [5.41, 5.74) is 2.12. The van der Waals surface area contributed by atoms with E-state index in [1.807, 2.05) is 30.3 Å². The second kappa shape index (κ2) is 8.11. The van der Waals surface area contributed by atoms with Gasteiger partial charge in [-0.3, -0.25) is 0 Å². The molecule has 1 aliphatic heterocycles. The average Bonchev–Trinajstić information content (AvgIpc) is 2.52. The molecule has 0 fully saturated rings. The van der Waals surface area contributed by atoms with Gasteiger partial charge >= 0.3 is 0 Å². The molecule has 0 aliphatic carbocycles. The summed E-state index contributed by atoms with van der Waals surface area (Å²) in [4.78, 5) is 0. The van der Waals surface area contributed by atoms with Crippen LogP contribution < -0.4 is 0 Å². The van der Waals surface area contributed by atoms with Crippen molar-refractivity contribution in [1.29, 1.82) is 0 Å². The summed E-state index contributed by atoms with van der Waals surface area (Å²) in [6.07, 6.45) is 4.07. The normalized spacial score (nSPS) is 16.5. The molecule has 1 aromatic rings. The minimum Gasteiger partial charge on any atom is -0.385 e. The van der Waals surface area contributed by atoms with Gasteiger partial charge in [-0.2, -0.15) is 4.31 Å². The highest BCUT2D eigenvalue weighted by Crippen LogP contribution is 2.29. The number of rotatable bonds is 7. The van der Waals surface area contributed by atoms with Gasteiger partial charge in [0.2, 0.25) is 10.0 Å². The Balaban J connectivity index is 1.97. The van der Waals surface area contributed by atoms with E-state index in [9.17, 15) is 8.42 Å². The van der Waals surface area contributed by atoms with E-state index in [1.54, 1.807) is 11.4 Å². The number of nitrogens with zero attached hydrogens (tertiary/aromatic N) is 1. The summed E-state index contributed by atoms with van der Waals surface area (Å²) in [5.74, 6) is 0.186. The maximum atomic E-state index is 12.3. The SMILES string of the molecule is COCCCCS(=O)(=O)N1CC=C(c2ccccc2Cl)CC1. The molecule has 0 atom stereocenters. The standard InChI is InChI=1S/C16H22ClNO3S/c1-21-12-4-5-13-22(19,20)18-10-8-14(9-11-18)15-6-2-3-7-16(15)17/h2-3,6-8H,4-5,9-13H2,1H3. The topological polar surface area (TPSA) is 46.6 Å². The van der Waals surface area contributed by atoms with Crippen molar-refractivity contribution in [1.82, 2.24) is 4.31 Å². The minimum atomic E-state index is -3.18. The summed E-state index contributed by atoms with van der Waals surface area (Å²) in [6, 6.07) is 7.67.